The van der Waals surface area contributed by atoms with Crippen LogP contribution in [0.15, 0.2) is 192 Å². The van der Waals surface area contributed by atoms with Gasteiger partial charge in [-0.1, -0.05) is 158 Å². The smallest absolute Gasteiger partial charge is 0.370 e. The minimum absolute atomic E-state index is 0.0231. The number of fused-ring (bicyclic) bond motifs is 2. The molecular formula is C76H97F4N6O11S2+. The number of alkyl halides is 4. The minimum atomic E-state index is -5.72. The van der Waals surface area contributed by atoms with E-state index in [0.29, 0.717) is 18.5 Å². The van der Waals surface area contributed by atoms with Gasteiger partial charge in [0.15, 0.2) is 10.1 Å². The van der Waals surface area contributed by atoms with E-state index in [0.717, 1.165) is 39.6 Å². The number of carboxylic acids is 1. The molecule has 0 saturated carbocycles. The summed E-state index contributed by atoms with van der Waals surface area (Å²) in [5.74, 6) is -1.70. The summed E-state index contributed by atoms with van der Waals surface area (Å²) in [4.78, 5) is 38.1. The third-order valence-corrected chi connectivity index (χ3v) is 18.2. The van der Waals surface area contributed by atoms with Gasteiger partial charge in [-0.3, -0.25) is 19.1 Å². The van der Waals surface area contributed by atoms with Crippen LogP contribution in [0, 0.1) is 11.8 Å². The van der Waals surface area contributed by atoms with Crippen LogP contribution in [0.2, 0.25) is 0 Å². The molecule has 1 aromatic heterocycles. The topological polar surface area (TPSA) is 236 Å². The molecule has 0 radical (unpaired) electrons. The van der Waals surface area contributed by atoms with E-state index in [1.54, 1.807) is 12.4 Å². The number of ether oxygens (including phenoxy) is 1. The van der Waals surface area contributed by atoms with Crippen molar-refractivity contribution in [1.82, 2.24) is 4.98 Å². The summed E-state index contributed by atoms with van der Waals surface area (Å²) in [6.45, 7) is 9.31. The number of aromatic nitrogens is 1. The molecule has 6 aromatic carbocycles. The zero-order valence-corrected chi connectivity index (χ0v) is 60.3. The number of pyridine rings is 1. The molecule has 0 aliphatic heterocycles. The number of rotatable bonds is 18. The molecule has 6 aliphatic rings. The van der Waals surface area contributed by atoms with E-state index < -0.39 is 74.5 Å². The Kier molecular flexibility index (Phi) is 30.4. The molecule has 1 heterocycles. The van der Waals surface area contributed by atoms with Crippen LogP contribution in [0.25, 0.3) is 0 Å². The maximum atomic E-state index is 13.2. The number of benzene rings is 6. The highest BCUT2D eigenvalue weighted by Gasteiger charge is 2.48. The van der Waals surface area contributed by atoms with Gasteiger partial charge in [0, 0.05) is 86.4 Å². The van der Waals surface area contributed by atoms with Crippen molar-refractivity contribution >= 4 is 43.9 Å². The van der Waals surface area contributed by atoms with Gasteiger partial charge >= 0.3 is 32.6 Å². The van der Waals surface area contributed by atoms with Gasteiger partial charge in [0.2, 0.25) is 0 Å². The Balaban J connectivity index is 0.000000221. The van der Waals surface area contributed by atoms with Crippen LogP contribution in [0.1, 0.15) is 146 Å². The molecular weight excluding hydrogens is 1310 g/mol. The number of hydrogen-bond acceptors (Lipinski definition) is 13. The molecule has 0 spiro atoms. The number of carbonyl (C=O) groups is 2. The SMILES string of the molecule is CC(C)N=C=NC(C)C.CN(C)c1ccncc1.C[N+](C)(C)Cc1ccccc1.C[N+](C)(C)Cc1ccccc1.O=C(O)C1CC2c3ccccc3C1c1ccccc12.O=C(OCCCC(F)(F)S(=O)(=O)[O-])C1CC2c3ccccc3C1c1ccccc12.O=S(=O)(O)C(F)(F)CCCO. The van der Waals surface area contributed by atoms with Crippen LogP contribution in [-0.4, -0.2) is 160 Å². The lowest BCUT2D eigenvalue weighted by molar-refractivity contribution is -0.884. The molecule has 2 unspecified atom stereocenters. The molecule has 0 amide bonds. The summed E-state index contributed by atoms with van der Waals surface area (Å²) in [6.07, 6.45) is 1.86. The second-order valence-electron chi connectivity index (χ2n) is 27.4. The molecule has 13 rings (SSSR count). The van der Waals surface area contributed by atoms with Crippen LogP contribution in [0.4, 0.5) is 23.2 Å². The summed E-state index contributed by atoms with van der Waals surface area (Å²) in [5.41, 5.74) is 13.6. The van der Waals surface area contributed by atoms with Gasteiger partial charge in [-0.25, -0.2) is 18.4 Å². The van der Waals surface area contributed by atoms with Crippen LogP contribution < -0.4 is 4.90 Å². The number of quaternary nitrogens is 2. The van der Waals surface area contributed by atoms with Crippen molar-refractivity contribution in [3.8, 4) is 0 Å². The van der Waals surface area contributed by atoms with Crippen LogP contribution >= 0.6 is 0 Å². The molecule has 2 atom stereocenters. The number of hydrogen-bond donors (Lipinski definition) is 3. The van der Waals surface area contributed by atoms with E-state index in [2.05, 4.69) is 172 Å². The number of nitrogens with zero attached hydrogens (tertiary/aromatic N) is 6. The fourth-order valence-electron chi connectivity index (χ4n) is 12.0. The molecule has 0 saturated heterocycles. The fraction of sp³-hybridized carbons (Fsp3) is 0.421. The molecule has 3 N–H and O–H groups in total. The van der Waals surface area contributed by atoms with Gasteiger partial charge in [-0.2, -0.15) is 26.0 Å². The van der Waals surface area contributed by atoms with Crippen molar-refractivity contribution in [2.24, 2.45) is 21.8 Å². The van der Waals surface area contributed by atoms with Gasteiger partial charge < -0.3 is 33.4 Å². The minimum Gasteiger partial charge on any atom is -0.743 e. The summed E-state index contributed by atoms with van der Waals surface area (Å²) in [6, 6.07) is 60.9. The molecule has 0 fully saturated rings. The van der Waals surface area contributed by atoms with Gasteiger partial charge in [-0.05, 0) is 110 Å². The monoisotopic (exact) mass is 1410 g/mol. The summed E-state index contributed by atoms with van der Waals surface area (Å²) in [7, 11) is 6.19. The van der Waals surface area contributed by atoms with Crippen molar-refractivity contribution in [2.75, 3.05) is 74.5 Å². The summed E-state index contributed by atoms with van der Waals surface area (Å²) >= 11 is 0. The van der Waals surface area contributed by atoms with Crippen molar-refractivity contribution in [1.29, 1.82) is 0 Å². The fourth-order valence-corrected chi connectivity index (χ4v) is 12.8. The number of carboxylic acid groups (broad SMARTS) is 1. The van der Waals surface area contributed by atoms with Gasteiger partial charge in [0.25, 0.3) is 0 Å². The number of aliphatic hydroxyl groups excluding tert-OH is 1. The normalized spacial score (nSPS) is 17.5. The standard InChI is InChI=1S/C21H20F2O5S.C17H14O2.2C10H16N.C7H10N2.C7H14N2.C4H8F2O4S/c22-21(23,29(25,26)27)10-5-11-28-20(24)18-12-17-13-6-1-3-8-15(13)19(18)16-9-4-2-7-14(16)17;18-17(19)15-9-14-10-5-1-3-7-12(10)16(15)13-8-4-2-6-11(13)14;2*1-11(2,3)9-10-7-5-4-6-8-10;1-9(2)7-3-5-8-6-4-7;1-6(2)8-5-9-7(3)4;5-4(6,2-1-3-7)11(8,9)10/h1-4,6-9,17-19H,5,10-12H2,(H,25,26,27);1-8,14-16H,9H2,(H,18,19);2*4-8H,9H2,1-3H3;3-6H,1-2H3;6-7H,1-4H3;7H,1-3H2,(H,8,9,10)/q;;2*+1;;;/p-1. The first-order valence-corrected chi connectivity index (χ1v) is 35.7. The molecule has 17 nitrogen and oxygen atoms in total. The highest BCUT2D eigenvalue weighted by atomic mass is 32.2. The maximum absolute atomic E-state index is 13.2. The highest BCUT2D eigenvalue weighted by Crippen LogP contribution is 2.57. The number of carbonyl (C=O) groups excluding carboxylic acids is 1. The maximum Gasteiger partial charge on any atom is 0.370 e. The first-order valence-electron chi connectivity index (χ1n) is 32.8. The van der Waals surface area contributed by atoms with Crippen molar-refractivity contribution in [2.45, 2.75) is 126 Å². The third kappa shape index (κ3) is 25.0. The van der Waals surface area contributed by atoms with E-state index in [9.17, 15) is 53.6 Å². The second-order valence-corrected chi connectivity index (χ2v) is 30.5. The first-order chi connectivity index (χ1) is 46.4. The number of anilines is 1. The average Bonchev–Trinajstić information content (AvgIpc) is 0.729. The third-order valence-electron chi connectivity index (χ3n) is 16.3. The predicted molar refractivity (Wildman–Crippen MR) is 380 cm³/mol. The van der Waals surface area contributed by atoms with Crippen LogP contribution in [0.5, 0.6) is 0 Å². The number of halogens is 4. The lowest BCUT2D eigenvalue weighted by atomic mass is 9.59. The molecule has 23 heteroatoms. The van der Waals surface area contributed by atoms with E-state index in [-0.39, 0.29) is 42.6 Å². The Bertz CT molecular complexity index is 3820. The number of aliphatic hydroxyl groups is 1. The summed E-state index contributed by atoms with van der Waals surface area (Å²) in [5, 5.41) is 9.09. The Hall–Kier alpha value is -7.99. The lowest BCUT2D eigenvalue weighted by Gasteiger charge is -2.44. The molecule has 7 aromatic rings. The average molecular weight is 1410 g/mol. The second kappa shape index (κ2) is 36.9. The Morgan fingerprint density at radius 1 is 0.576 bits per heavy atom. The van der Waals surface area contributed by atoms with E-state index in [1.165, 1.54) is 50.2 Å². The highest BCUT2D eigenvalue weighted by molar-refractivity contribution is 7.87. The van der Waals surface area contributed by atoms with Gasteiger partial charge in [0.1, 0.15) is 13.1 Å². The zero-order chi connectivity index (χ0) is 73.5. The van der Waals surface area contributed by atoms with Gasteiger partial charge in [-0.15, -0.1) is 0 Å². The zero-order valence-electron chi connectivity index (χ0n) is 58.6. The van der Waals surface area contributed by atoms with Crippen LogP contribution in [0.3, 0.4) is 0 Å². The van der Waals surface area contributed by atoms with E-state index >= 15 is 0 Å². The lowest BCUT2D eigenvalue weighted by Crippen LogP contribution is -2.37. The van der Waals surface area contributed by atoms with E-state index in [1.807, 2.05) is 107 Å². The van der Waals surface area contributed by atoms with E-state index in [4.69, 9.17) is 14.4 Å². The summed E-state index contributed by atoms with van der Waals surface area (Å²) < 4.78 is 117. The number of aliphatic carboxylic acids is 1. The first kappa shape index (κ1) is 81.7. The Morgan fingerprint density at radius 3 is 1.23 bits per heavy atom. The quantitative estimate of drug-likeness (QED) is 0.0181. The molecule has 4 bridgehead atoms. The number of esters is 1. The predicted octanol–water partition coefficient (Wildman–Crippen LogP) is 14.3. The van der Waals surface area contributed by atoms with Crippen LogP contribution in [-0.2, 0) is 47.7 Å². The van der Waals surface area contributed by atoms with Crippen molar-refractivity contribution < 1.29 is 77.0 Å². The Morgan fingerprint density at radius 2 is 0.919 bits per heavy atom. The van der Waals surface area contributed by atoms with Crippen molar-refractivity contribution in [3.63, 3.8) is 0 Å². The van der Waals surface area contributed by atoms with Gasteiger partial charge in [0.05, 0.1) is 78.8 Å². The number of aliphatic imine (C=N–C) groups is 2. The molecule has 99 heavy (non-hydrogen) atoms. The molecule has 6 aliphatic carbocycles. The largest absolute Gasteiger partial charge is 0.743 e. The Labute approximate surface area is 582 Å². The van der Waals surface area contributed by atoms with Crippen molar-refractivity contribution in [3.05, 3.63) is 238 Å². The molecule has 536 valence electrons.